The summed E-state index contributed by atoms with van der Waals surface area (Å²) in [5, 5.41) is 0. The second-order valence-corrected chi connectivity index (χ2v) is 4.42. The molecule has 1 radical (unpaired) electrons. The summed E-state index contributed by atoms with van der Waals surface area (Å²) in [6, 6.07) is 23.2. The lowest BCUT2D eigenvalue weighted by Crippen LogP contribution is -1.97. The molecule has 0 N–H and O–H groups in total. The van der Waals surface area contributed by atoms with Crippen LogP contribution in [0, 0.1) is 6.07 Å². The maximum Gasteiger partial charge on any atom is 0.135 e. The lowest BCUT2D eigenvalue weighted by Gasteiger charge is -2.11. The largest absolute Gasteiger partial charge is 0.488 e. The SMILES string of the molecule is [c]1cccc(-c2ccccc2)c1OCc1ccncc1. The van der Waals surface area contributed by atoms with Crippen LogP contribution in [0.4, 0.5) is 0 Å². The van der Waals surface area contributed by atoms with Gasteiger partial charge in [0.25, 0.3) is 0 Å². The molecule has 1 aromatic heterocycles. The first-order valence-electron chi connectivity index (χ1n) is 6.51. The van der Waals surface area contributed by atoms with E-state index in [0.29, 0.717) is 6.61 Å². The molecule has 97 valence electrons. The minimum Gasteiger partial charge on any atom is -0.488 e. The van der Waals surface area contributed by atoms with Crippen LogP contribution in [-0.2, 0) is 6.61 Å². The van der Waals surface area contributed by atoms with Crippen LogP contribution in [0.1, 0.15) is 5.56 Å². The number of hydrogen-bond acceptors (Lipinski definition) is 2. The fourth-order valence-corrected chi connectivity index (χ4v) is 2.02. The molecule has 0 unspecified atom stereocenters. The molecule has 0 fully saturated rings. The summed E-state index contributed by atoms with van der Waals surface area (Å²) < 4.78 is 5.89. The van der Waals surface area contributed by atoms with E-state index in [-0.39, 0.29) is 0 Å². The molecule has 20 heavy (non-hydrogen) atoms. The zero-order chi connectivity index (χ0) is 13.6. The Morgan fingerprint density at radius 3 is 2.50 bits per heavy atom. The molecule has 2 heteroatoms. The first-order chi connectivity index (χ1) is 9.93. The number of ether oxygens (including phenoxy) is 1. The van der Waals surface area contributed by atoms with Gasteiger partial charge in [-0.15, -0.1) is 0 Å². The first-order valence-corrected chi connectivity index (χ1v) is 6.51. The Bertz CT molecular complexity index is 665. The zero-order valence-corrected chi connectivity index (χ0v) is 11.0. The molecule has 3 aromatic rings. The molecule has 0 aliphatic carbocycles. The quantitative estimate of drug-likeness (QED) is 0.703. The van der Waals surface area contributed by atoms with Crippen LogP contribution in [0.15, 0.2) is 73.1 Å². The van der Waals surface area contributed by atoms with Gasteiger partial charge in [0.1, 0.15) is 12.4 Å². The van der Waals surface area contributed by atoms with Crippen molar-refractivity contribution in [1.82, 2.24) is 4.98 Å². The number of para-hydroxylation sites is 1. The lowest BCUT2D eigenvalue weighted by molar-refractivity contribution is 0.306. The molecule has 0 amide bonds. The topological polar surface area (TPSA) is 22.1 Å². The third-order valence-corrected chi connectivity index (χ3v) is 3.04. The summed E-state index contributed by atoms with van der Waals surface area (Å²) in [6.45, 7) is 0.517. The Hall–Kier alpha value is -2.61. The van der Waals surface area contributed by atoms with Gasteiger partial charge in [0.05, 0.1) is 0 Å². The highest BCUT2D eigenvalue weighted by Gasteiger charge is 2.05. The van der Waals surface area contributed by atoms with E-state index in [2.05, 4.69) is 23.2 Å². The van der Waals surface area contributed by atoms with E-state index in [1.807, 2.05) is 48.5 Å². The van der Waals surface area contributed by atoms with E-state index in [4.69, 9.17) is 4.74 Å². The van der Waals surface area contributed by atoms with Crippen LogP contribution in [0.25, 0.3) is 11.1 Å². The summed E-state index contributed by atoms with van der Waals surface area (Å²) >= 11 is 0. The lowest BCUT2D eigenvalue weighted by atomic mass is 10.1. The fourth-order valence-electron chi connectivity index (χ4n) is 2.02. The van der Waals surface area contributed by atoms with Gasteiger partial charge in [0.2, 0.25) is 0 Å². The number of nitrogens with zero attached hydrogens (tertiary/aromatic N) is 1. The van der Waals surface area contributed by atoms with Crippen LogP contribution in [0.2, 0.25) is 0 Å². The number of rotatable bonds is 4. The number of benzene rings is 2. The van der Waals surface area contributed by atoms with Gasteiger partial charge in [0, 0.05) is 24.0 Å². The Morgan fingerprint density at radius 1 is 0.900 bits per heavy atom. The molecule has 0 spiro atoms. The summed E-state index contributed by atoms with van der Waals surface area (Å²) in [4.78, 5) is 4.00. The van der Waals surface area contributed by atoms with Crippen molar-refractivity contribution in [3.8, 4) is 16.9 Å². The van der Waals surface area contributed by atoms with Crippen LogP contribution in [-0.4, -0.2) is 4.98 Å². The Balaban J connectivity index is 1.84. The van der Waals surface area contributed by atoms with Gasteiger partial charge in [0.15, 0.2) is 0 Å². The average Bonchev–Trinajstić information content (AvgIpc) is 2.55. The van der Waals surface area contributed by atoms with E-state index >= 15 is 0 Å². The molecule has 1 heterocycles. The predicted molar refractivity (Wildman–Crippen MR) is 79.3 cm³/mol. The molecule has 2 aromatic carbocycles. The van der Waals surface area contributed by atoms with Crippen molar-refractivity contribution in [3.63, 3.8) is 0 Å². The Kier molecular flexibility index (Phi) is 3.74. The summed E-state index contributed by atoms with van der Waals surface area (Å²) in [6.07, 6.45) is 3.54. The average molecular weight is 260 g/mol. The second kappa shape index (κ2) is 6.02. The second-order valence-electron chi connectivity index (χ2n) is 4.42. The molecule has 0 aliphatic heterocycles. The van der Waals surface area contributed by atoms with Crippen LogP contribution in [0.5, 0.6) is 5.75 Å². The highest BCUT2D eigenvalue weighted by Crippen LogP contribution is 2.29. The predicted octanol–water partition coefficient (Wildman–Crippen LogP) is 4.13. The van der Waals surface area contributed by atoms with Gasteiger partial charge in [-0.2, -0.15) is 0 Å². The number of hydrogen-bond donors (Lipinski definition) is 0. The minimum absolute atomic E-state index is 0.517. The monoisotopic (exact) mass is 260 g/mol. The summed E-state index contributed by atoms with van der Waals surface area (Å²) in [5.41, 5.74) is 3.28. The highest BCUT2D eigenvalue weighted by molar-refractivity contribution is 5.69. The Labute approximate surface area is 118 Å². The van der Waals surface area contributed by atoms with Gasteiger partial charge in [-0.3, -0.25) is 4.98 Å². The molecular formula is C18H14NO. The standard InChI is InChI=1S/C18H14NO/c1-2-6-16(7-3-1)17-8-4-5-9-18(17)20-14-15-10-12-19-13-11-15/h1-8,10-13H,14H2. The Morgan fingerprint density at radius 2 is 1.70 bits per heavy atom. The molecule has 3 rings (SSSR count). The van der Waals surface area contributed by atoms with Crippen LogP contribution in [0.3, 0.4) is 0 Å². The first kappa shape index (κ1) is 12.4. The van der Waals surface area contributed by atoms with Crippen molar-refractivity contribution >= 4 is 0 Å². The van der Waals surface area contributed by atoms with E-state index in [9.17, 15) is 0 Å². The van der Waals surface area contributed by atoms with Crippen molar-refractivity contribution in [1.29, 1.82) is 0 Å². The van der Waals surface area contributed by atoms with Crippen LogP contribution >= 0.6 is 0 Å². The number of aromatic nitrogens is 1. The molecule has 0 saturated carbocycles. The van der Waals surface area contributed by atoms with E-state index < -0.39 is 0 Å². The van der Waals surface area contributed by atoms with Crippen molar-refractivity contribution in [2.24, 2.45) is 0 Å². The minimum atomic E-state index is 0.517. The molecule has 2 nitrogen and oxygen atoms in total. The zero-order valence-electron chi connectivity index (χ0n) is 11.0. The van der Waals surface area contributed by atoms with Gasteiger partial charge < -0.3 is 4.74 Å². The van der Waals surface area contributed by atoms with Gasteiger partial charge in [-0.1, -0.05) is 48.5 Å². The third kappa shape index (κ3) is 2.86. The van der Waals surface area contributed by atoms with Gasteiger partial charge in [-0.25, -0.2) is 0 Å². The molecule has 0 bridgehead atoms. The fraction of sp³-hybridized carbons (Fsp3) is 0.0556. The van der Waals surface area contributed by atoms with Crippen molar-refractivity contribution in [3.05, 3.63) is 84.7 Å². The highest BCUT2D eigenvalue weighted by atomic mass is 16.5. The smallest absolute Gasteiger partial charge is 0.135 e. The maximum absolute atomic E-state index is 5.89. The van der Waals surface area contributed by atoms with Gasteiger partial charge >= 0.3 is 0 Å². The number of pyridine rings is 1. The van der Waals surface area contributed by atoms with E-state index in [1.54, 1.807) is 12.4 Å². The third-order valence-electron chi connectivity index (χ3n) is 3.04. The van der Waals surface area contributed by atoms with Crippen LogP contribution < -0.4 is 4.74 Å². The molecular weight excluding hydrogens is 246 g/mol. The van der Waals surface area contributed by atoms with Crippen molar-refractivity contribution in [2.45, 2.75) is 6.61 Å². The van der Waals surface area contributed by atoms with E-state index in [0.717, 1.165) is 22.4 Å². The molecule has 0 atom stereocenters. The maximum atomic E-state index is 5.89. The van der Waals surface area contributed by atoms with Crippen molar-refractivity contribution < 1.29 is 4.74 Å². The summed E-state index contributed by atoms with van der Waals surface area (Å²) in [5.74, 6) is 0.774. The van der Waals surface area contributed by atoms with Gasteiger partial charge in [-0.05, 0) is 23.3 Å². The summed E-state index contributed by atoms with van der Waals surface area (Å²) in [7, 11) is 0. The normalized spacial score (nSPS) is 10.2. The van der Waals surface area contributed by atoms with Crippen molar-refractivity contribution in [2.75, 3.05) is 0 Å². The van der Waals surface area contributed by atoms with E-state index in [1.165, 1.54) is 0 Å². The molecule has 0 saturated heterocycles. The molecule has 0 aliphatic rings.